The van der Waals surface area contributed by atoms with Gasteiger partial charge in [0.2, 0.25) is 0 Å². The Morgan fingerprint density at radius 3 is 2.53 bits per heavy atom. The van der Waals surface area contributed by atoms with Crippen LogP contribution in [0.2, 0.25) is 0 Å². The van der Waals surface area contributed by atoms with E-state index in [4.69, 9.17) is 9.84 Å². The van der Waals surface area contributed by atoms with Crippen molar-refractivity contribution in [2.45, 2.75) is 46.6 Å². The number of aliphatic carboxylic acids is 1. The third kappa shape index (κ3) is 2.94. The standard InChI is InChI=1S/C12H22O3/c1-8(12(2,3)4)10-9(11(13)14)6-5-7-15-10/h8-10H,5-7H2,1-4H3,(H,13,14). The summed E-state index contributed by atoms with van der Waals surface area (Å²) < 4.78 is 5.66. The Labute approximate surface area is 91.8 Å². The van der Waals surface area contributed by atoms with E-state index in [2.05, 4.69) is 27.7 Å². The fourth-order valence-electron chi connectivity index (χ4n) is 2.05. The Balaban J connectivity index is 2.76. The molecule has 1 aliphatic heterocycles. The molecular formula is C12H22O3. The van der Waals surface area contributed by atoms with Crippen molar-refractivity contribution in [2.24, 2.45) is 17.3 Å². The van der Waals surface area contributed by atoms with E-state index in [0.29, 0.717) is 6.61 Å². The van der Waals surface area contributed by atoms with Gasteiger partial charge >= 0.3 is 5.97 Å². The molecule has 0 aromatic carbocycles. The van der Waals surface area contributed by atoms with Gasteiger partial charge in [0.25, 0.3) is 0 Å². The highest BCUT2D eigenvalue weighted by atomic mass is 16.5. The highest BCUT2D eigenvalue weighted by Crippen LogP contribution is 2.36. The normalized spacial score (nSPS) is 29.9. The summed E-state index contributed by atoms with van der Waals surface area (Å²) in [6, 6.07) is 0. The summed E-state index contributed by atoms with van der Waals surface area (Å²) in [5.41, 5.74) is 0.0930. The molecule has 1 rings (SSSR count). The molecule has 88 valence electrons. The third-order valence-electron chi connectivity index (χ3n) is 3.54. The lowest BCUT2D eigenvalue weighted by Crippen LogP contribution is -2.43. The third-order valence-corrected chi connectivity index (χ3v) is 3.54. The minimum absolute atomic E-state index is 0.0930. The van der Waals surface area contributed by atoms with Gasteiger partial charge in [0.05, 0.1) is 12.0 Å². The zero-order chi connectivity index (χ0) is 11.6. The predicted octanol–water partition coefficient (Wildman–Crippen LogP) is 2.55. The van der Waals surface area contributed by atoms with Crippen LogP contribution in [-0.2, 0) is 9.53 Å². The van der Waals surface area contributed by atoms with Crippen LogP contribution >= 0.6 is 0 Å². The van der Waals surface area contributed by atoms with Crippen LogP contribution in [0, 0.1) is 17.3 Å². The number of hydrogen-bond donors (Lipinski definition) is 1. The zero-order valence-corrected chi connectivity index (χ0v) is 10.1. The van der Waals surface area contributed by atoms with Crippen molar-refractivity contribution in [2.75, 3.05) is 6.61 Å². The van der Waals surface area contributed by atoms with Crippen LogP contribution in [0.5, 0.6) is 0 Å². The molecule has 0 aliphatic carbocycles. The van der Waals surface area contributed by atoms with E-state index >= 15 is 0 Å². The Morgan fingerprint density at radius 1 is 1.47 bits per heavy atom. The Kier molecular flexibility index (Phi) is 3.77. The molecule has 3 nitrogen and oxygen atoms in total. The molecule has 0 bridgehead atoms. The van der Waals surface area contributed by atoms with E-state index in [0.717, 1.165) is 12.8 Å². The Morgan fingerprint density at radius 2 is 2.07 bits per heavy atom. The molecule has 3 atom stereocenters. The number of carboxylic acids is 1. The van der Waals surface area contributed by atoms with Crippen LogP contribution in [0.3, 0.4) is 0 Å². The summed E-state index contributed by atoms with van der Waals surface area (Å²) in [6.07, 6.45) is 1.49. The van der Waals surface area contributed by atoms with Crippen LogP contribution in [0.1, 0.15) is 40.5 Å². The summed E-state index contributed by atoms with van der Waals surface area (Å²) in [4.78, 5) is 11.1. The molecule has 0 aromatic heterocycles. The second-order valence-electron chi connectivity index (χ2n) is 5.58. The maximum Gasteiger partial charge on any atom is 0.309 e. The topological polar surface area (TPSA) is 46.5 Å². The van der Waals surface area contributed by atoms with Crippen molar-refractivity contribution >= 4 is 5.97 Å². The van der Waals surface area contributed by atoms with Crippen LogP contribution in [0.25, 0.3) is 0 Å². The number of carbonyl (C=O) groups is 1. The Bertz CT molecular complexity index is 230. The van der Waals surface area contributed by atoms with Gasteiger partial charge in [0, 0.05) is 6.61 Å². The Hall–Kier alpha value is -0.570. The highest BCUT2D eigenvalue weighted by Gasteiger charge is 2.39. The molecule has 0 spiro atoms. The van der Waals surface area contributed by atoms with Gasteiger partial charge < -0.3 is 9.84 Å². The average Bonchev–Trinajstić information content (AvgIpc) is 2.15. The molecule has 15 heavy (non-hydrogen) atoms. The largest absolute Gasteiger partial charge is 0.481 e. The first-order valence-electron chi connectivity index (χ1n) is 5.68. The van der Waals surface area contributed by atoms with Gasteiger partial charge in [-0.3, -0.25) is 4.79 Å². The summed E-state index contributed by atoms with van der Waals surface area (Å²) in [5.74, 6) is -0.775. The first-order valence-corrected chi connectivity index (χ1v) is 5.68. The summed E-state index contributed by atoms with van der Waals surface area (Å²) in [5, 5.41) is 9.14. The lowest BCUT2D eigenvalue weighted by Gasteiger charge is -2.39. The van der Waals surface area contributed by atoms with Crippen molar-refractivity contribution < 1.29 is 14.6 Å². The summed E-state index contributed by atoms with van der Waals surface area (Å²) in [7, 11) is 0. The van der Waals surface area contributed by atoms with E-state index in [9.17, 15) is 4.79 Å². The molecule has 1 fully saturated rings. The van der Waals surface area contributed by atoms with E-state index in [1.807, 2.05) is 0 Å². The van der Waals surface area contributed by atoms with Crippen LogP contribution in [0.4, 0.5) is 0 Å². The second kappa shape index (κ2) is 4.52. The van der Waals surface area contributed by atoms with Gasteiger partial charge in [-0.25, -0.2) is 0 Å². The number of hydrogen-bond acceptors (Lipinski definition) is 2. The van der Waals surface area contributed by atoms with Gasteiger partial charge in [-0.1, -0.05) is 27.7 Å². The van der Waals surface area contributed by atoms with Crippen LogP contribution < -0.4 is 0 Å². The van der Waals surface area contributed by atoms with Crippen molar-refractivity contribution in [1.29, 1.82) is 0 Å². The molecule has 1 aliphatic rings. The molecular weight excluding hydrogens is 192 g/mol. The van der Waals surface area contributed by atoms with Crippen molar-refractivity contribution in [3.8, 4) is 0 Å². The molecule has 3 heteroatoms. The fourth-order valence-corrected chi connectivity index (χ4v) is 2.05. The predicted molar refractivity (Wildman–Crippen MR) is 58.7 cm³/mol. The maximum atomic E-state index is 11.1. The monoisotopic (exact) mass is 214 g/mol. The summed E-state index contributed by atoms with van der Waals surface area (Å²) in [6.45, 7) is 9.19. The van der Waals surface area contributed by atoms with Gasteiger partial charge in [-0.05, 0) is 24.2 Å². The first-order chi connectivity index (χ1) is 6.84. The quantitative estimate of drug-likeness (QED) is 0.768. The van der Waals surface area contributed by atoms with Gasteiger partial charge in [0.1, 0.15) is 0 Å². The molecule has 3 unspecified atom stereocenters. The van der Waals surface area contributed by atoms with Gasteiger partial charge in [-0.2, -0.15) is 0 Å². The lowest BCUT2D eigenvalue weighted by molar-refractivity contribution is -0.157. The number of rotatable bonds is 2. The highest BCUT2D eigenvalue weighted by molar-refractivity contribution is 5.70. The number of carboxylic acid groups (broad SMARTS) is 1. The van der Waals surface area contributed by atoms with E-state index in [1.165, 1.54) is 0 Å². The smallest absolute Gasteiger partial charge is 0.309 e. The minimum atomic E-state index is -0.712. The molecule has 0 amide bonds. The van der Waals surface area contributed by atoms with E-state index in [1.54, 1.807) is 0 Å². The van der Waals surface area contributed by atoms with Crippen LogP contribution in [0.15, 0.2) is 0 Å². The summed E-state index contributed by atoms with van der Waals surface area (Å²) >= 11 is 0. The van der Waals surface area contributed by atoms with Gasteiger partial charge in [-0.15, -0.1) is 0 Å². The fraction of sp³-hybridized carbons (Fsp3) is 0.917. The van der Waals surface area contributed by atoms with E-state index in [-0.39, 0.29) is 23.4 Å². The van der Waals surface area contributed by atoms with E-state index < -0.39 is 5.97 Å². The van der Waals surface area contributed by atoms with Crippen molar-refractivity contribution in [3.63, 3.8) is 0 Å². The molecule has 1 N–H and O–H groups in total. The molecule has 0 radical (unpaired) electrons. The molecule has 0 aromatic rings. The zero-order valence-electron chi connectivity index (χ0n) is 10.1. The maximum absolute atomic E-state index is 11.1. The van der Waals surface area contributed by atoms with Crippen molar-refractivity contribution in [3.05, 3.63) is 0 Å². The SMILES string of the molecule is CC(C1OCCCC1C(=O)O)C(C)(C)C. The molecule has 0 saturated carbocycles. The van der Waals surface area contributed by atoms with Gasteiger partial charge in [0.15, 0.2) is 0 Å². The molecule has 1 saturated heterocycles. The lowest BCUT2D eigenvalue weighted by atomic mass is 9.73. The molecule has 1 heterocycles. The number of ether oxygens (including phenoxy) is 1. The second-order valence-corrected chi connectivity index (χ2v) is 5.58. The minimum Gasteiger partial charge on any atom is -0.481 e. The van der Waals surface area contributed by atoms with Crippen molar-refractivity contribution in [1.82, 2.24) is 0 Å². The first kappa shape index (κ1) is 12.5. The average molecular weight is 214 g/mol. The van der Waals surface area contributed by atoms with Crippen LogP contribution in [-0.4, -0.2) is 23.8 Å².